The molecule has 0 aromatic heterocycles. The van der Waals surface area contributed by atoms with Gasteiger partial charge in [0.05, 0.1) is 5.69 Å². The van der Waals surface area contributed by atoms with Crippen LogP contribution in [0.2, 0.25) is 0 Å². The highest BCUT2D eigenvalue weighted by Gasteiger charge is 2.27. The zero-order valence-corrected chi connectivity index (χ0v) is 10.4. The van der Waals surface area contributed by atoms with Crippen molar-refractivity contribution in [3.63, 3.8) is 0 Å². The molecule has 17 heavy (non-hydrogen) atoms. The smallest absolute Gasteiger partial charge is 0.184 e. The van der Waals surface area contributed by atoms with E-state index in [-0.39, 0.29) is 6.15 Å². The number of rotatable bonds is 2. The van der Waals surface area contributed by atoms with Crippen LogP contribution in [-0.4, -0.2) is 26.3 Å². The summed E-state index contributed by atoms with van der Waals surface area (Å²) in [5.74, 6) is 1.88. The van der Waals surface area contributed by atoms with Crippen LogP contribution in [-0.2, 0) is 6.42 Å². The van der Waals surface area contributed by atoms with Crippen LogP contribution in [0.25, 0.3) is 0 Å². The molecule has 3 N–H and O–H groups in total. The first-order chi connectivity index (χ1) is 7.90. The third kappa shape index (κ3) is 1.93. The Morgan fingerprint density at radius 1 is 1.24 bits per heavy atom. The number of anilines is 1. The van der Waals surface area contributed by atoms with E-state index in [4.69, 9.17) is 9.47 Å². The molecule has 2 aliphatic rings. The first kappa shape index (κ1) is 12.0. The molecular weight excluding hydrogens is 216 g/mol. The first-order valence-electron chi connectivity index (χ1n) is 6.06. The summed E-state index contributed by atoms with van der Waals surface area (Å²) in [6, 6.07) is 4.22. The average molecular weight is 236 g/mol. The number of ether oxygens (including phenoxy) is 2. The van der Waals surface area contributed by atoms with Gasteiger partial charge < -0.3 is 20.5 Å². The van der Waals surface area contributed by atoms with Crippen LogP contribution in [0.1, 0.15) is 18.9 Å². The predicted octanol–water partition coefficient (Wildman–Crippen LogP) is 2.39. The molecule has 0 spiro atoms. The van der Waals surface area contributed by atoms with Gasteiger partial charge in [0.25, 0.3) is 0 Å². The standard InChI is InChI=1S/C13H17NO2.H3N/c1-2-6-14-7-5-10-3-4-11-13(12(10)14)16-9-8-15-11;/h3-4H,2,5-9H2,1H3;1H3. The molecule has 0 saturated carbocycles. The monoisotopic (exact) mass is 236 g/mol. The molecule has 0 unspecified atom stereocenters. The van der Waals surface area contributed by atoms with Gasteiger partial charge in [-0.1, -0.05) is 13.0 Å². The molecule has 4 nitrogen and oxygen atoms in total. The second-order valence-electron chi connectivity index (χ2n) is 4.33. The minimum absolute atomic E-state index is 0. The molecule has 2 aliphatic heterocycles. The lowest BCUT2D eigenvalue weighted by Crippen LogP contribution is -2.23. The molecule has 0 aliphatic carbocycles. The lowest BCUT2D eigenvalue weighted by atomic mass is 10.1. The van der Waals surface area contributed by atoms with Gasteiger partial charge in [-0.15, -0.1) is 0 Å². The normalized spacial score (nSPS) is 16.4. The van der Waals surface area contributed by atoms with Crippen molar-refractivity contribution in [3.05, 3.63) is 17.7 Å². The summed E-state index contributed by atoms with van der Waals surface area (Å²) in [5, 5.41) is 0. The molecule has 0 radical (unpaired) electrons. The fourth-order valence-corrected chi connectivity index (χ4v) is 2.55. The van der Waals surface area contributed by atoms with Crippen LogP contribution in [0.4, 0.5) is 5.69 Å². The highest BCUT2D eigenvalue weighted by Crippen LogP contribution is 2.45. The second-order valence-corrected chi connectivity index (χ2v) is 4.33. The number of benzene rings is 1. The van der Waals surface area contributed by atoms with Crippen LogP contribution in [0.15, 0.2) is 12.1 Å². The van der Waals surface area contributed by atoms with Crippen molar-refractivity contribution >= 4 is 5.69 Å². The van der Waals surface area contributed by atoms with Crippen molar-refractivity contribution in [1.82, 2.24) is 6.15 Å². The van der Waals surface area contributed by atoms with Crippen molar-refractivity contribution in [1.29, 1.82) is 0 Å². The first-order valence-corrected chi connectivity index (χ1v) is 6.06. The lowest BCUT2D eigenvalue weighted by Gasteiger charge is -2.25. The highest BCUT2D eigenvalue weighted by atomic mass is 16.6. The summed E-state index contributed by atoms with van der Waals surface area (Å²) < 4.78 is 11.4. The van der Waals surface area contributed by atoms with Gasteiger partial charge in [-0.2, -0.15) is 0 Å². The van der Waals surface area contributed by atoms with Crippen molar-refractivity contribution in [2.75, 3.05) is 31.2 Å². The summed E-state index contributed by atoms with van der Waals surface area (Å²) in [5.41, 5.74) is 2.68. The van der Waals surface area contributed by atoms with Crippen molar-refractivity contribution in [3.8, 4) is 11.5 Å². The van der Waals surface area contributed by atoms with Crippen LogP contribution in [0, 0.1) is 0 Å². The van der Waals surface area contributed by atoms with Gasteiger partial charge in [-0.3, -0.25) is 0 Å². The highest BCUT2D eigenvalue weighted by molar-refractivity contribution is 5.72. The Kier molecular flexibility index (Phi) is 3.43. The van der Waals surface area contributed by atoms with E-state index in [2.05, 4.69) is 17.9 Å². The predicted molar refractivity (Wildman–Crippen MR) is 68.7 cm³/mol. The number of hydrogen-bond donors (Lipinski definition) is 1. The molecule has 0 saturated heterocycles. The van der Waals surface area contributed by atoms with Gasteiger partial charge in [-0.25, -0.2) is 0 Å². The van der Waals surface area contributed by atoms with Crippen molar-refractivity contribution < 1.29 is 9.47 Å². The molecule has 4 heteroatoms. The largest absolute Gasteiger partial charge is 0.486 e. The van der Waals surface area contributed by atoms with E-state index in [1.807, 2.05) is 6.07 Å². The van der Waals surface area contributed by atoms with Gasteiger partial charge in [0.15, 0.2) is 11.5 Å². The zero-order valence-electron chi connectivity index (χ0n) is 10.4. The third-order valence-corrected chi connectivity index (χ3v) is 3.23. The van der Waals surface area contributed by atoms with E-state index in [1.54, 1.807) is 0 Å². The van der Waals surface area contributed by atoms with E-state index in [0.29, 0.717) is 13.2 Å². The molecule has 1 aromatic carbocycles. The molecule has 0 bridgehead atoms. The topological polar surface area (TPSA) is 56.7 Å². The maximum atomic E-state index is 5.78. The van der Waals surface area contributed by atoms with Crippen LogP contribution >= 0.6 is 0 Å². The Labute approximate surface area is 102 Å². The quantitative estimate of drug-likeness (QED) is 0.856. The molecule has 0 amide bonds. The van der Waals surface area contributed by atoms with E-state index in [0.717, 1.165) is 31.0 Å². The summed E-state index contributed by atoms with van der Waals surface area (Å²) in [6.07, 6.45) is 2.30. The minimum atomic E-state index is 0. The van der Waals surface area contributed by atoms with E-state index in [1.165, 1.54) is 17.7 Å². The van der Waals surface area contributed by atoms with Crippen LogP contribution in [0.3, 0.4) is 0 Å². The van der Waals surface area contributed by atoms with Crippen LogP contribution < -0.4 is 20.5 Å². The van der Waals surface area contributed by atoms with Crippen LogP contribution in [0.5, 0.6) is 11.5 Å². The lowest BCUT2D eigenvalue weighted by molar-refractivity contribution is 0.172. The zero-order chi connectivity index (χ0) is 11.0. The van der Waals surface area contributed by atoms with Crippen molar-refractivity contribution in [2.24, 2.45) is 0 Å². The van der Waals surface area contributed by atoms with Crippen molar-refractivity contribution in [2.45, 2.75) is 19.8 Å². The minimum Gasteiger partial charge on any atom is -0.486 e. The average Bonchev–Trinajstić information content (AvgIpc) is 2.73. The maximum absolute atomic E-state index is 5.78. The summed E-state index contributed by atoms with van der Waals surface area (Å²) in [4.78, 5) is 2.42. The molecule has 3 rings (SSSR count). The summed E-state index contributed by atoms with van der Waals surface area (Å²) in [7, 11) is 0. The number of nitrogens with zero attached hydrogens (tertiary/aromatic N) is 1. The molecule has 94 valence electrons. The van der Waals surface area contributed by atoms with E-state index < -0.39 is 0 Å². The maximum Gasteiger partial charge on any atom is 0.184 e. The fraction of sp³-hybridized carbons (Fsp3) is 0.538. The second kappa shape index (κ2) is 4.84. The Balaban J connectivity index is 0.00000108. The van der Waals surface area contributed by atoms with Gasteiger partial charge in [-0.05, 0) is 24.5 Å². The Morgan fingerprint density at radius 2 is 2.06 bits per heavy atom. The van der Waals surface area contributed by atoms with Gasteiger partial charge in [0.1, 0.15) is 13.2 Å². The molecule has 2 heterocycles. The summed E-state index contributed by atoms with van der Waals surface area (Å²) >= 11 is 0. The molecule has 0 atom stereocenters. The number of fused-ring (bicyclic) bond motifs is 3. The molecule has 1 aromatic rings. The number of hydrogen-bond acceptors (Lipinski definition) is 4. The summed E-state index contributed by atoms with van der Waals surface area (Å²) in [6.45, 7) is 5.77. The third-order valence-electron chi connectivity index (χ3n) is 3.23. The van der Waals surface area contributed by atoms with E-state index in [9.17, 15) is 0 Å². The molecular formula is C13H20N2O2. The Morgan fingerprint density at radius 3 is 2.88 bits per heavy atom. The van der Waals surface area contributed by atoms with Gasteiger partial charge in [0, 0.05) is 13.1 Å². The SMILES string of the molecule is CCCN1CCc2ccc3c(c21)OCCO3.N. The molecule has 0 fully saturated rings. The Hall–Kier alpha value is -1.42. The van der Waals surface area contributed by atoms with Gasteiger partial charge in [0.2, 0.25) is 0 Å². The fourth-order valence-electron chi connectivity index (χ4n) is 2.55. The van der Waals surface area contributed by atoms with Gasteiger partial charge >= 0.3 is 0 Å². The van der Waals surface area contributed by atoms with E-state index >= 15 is 0 Å². The Bertz CT molecular complexity index is 405.